The van der Waals surface area contributed by atoms with E-state index in [9.17, 15) is 0 Å². The Morgan fingerprint density at radius 2 is 2.06 bits per heavy atom. The Kier molecular flexibility index (Phi) is 3.41. The summed E-state index contributed by atoms with van der Waals surface area (Å²) in [6.07, 6.45) is 1.63. The van der Waals surface area contributed by atoms with Crippen molar-refractivity contribution in [3.8, 4) is 5.75 Å². The smallest absolute Gasteiger partial charge is 0.124 e. The van der Waals surface area contributed by atoms with Gasteiger partial charge in [-0.25, -0.2) is 0 Å². The Hall–Kier alpha value is -1.45. The van der Waals surface area contributed by atoms with Crippen molar-refractivity contribution in [1.29, 1.82) is 0 Å². The van der Waals surface area contributed by atoms with Gasteiger partial charge in [-0.2, -0.15) is 0 Å². The van der Waals surface area contributed by atoms with Crippen LogP contribution in [-0.2, 0) is 0 Å². The maximum atomic E-state index is 6.21. The Morgan fingerprint density at radius 1 is 1.29 bits per heavy atom. The Labute approximate surface area is 105 Å². The number of aryl methyl sites for hydroxylation is 1. The minimum Gasteiger partial charge on any atom is -0.496 e. The number of methoxy groups -OCH3 is 1. The summed E-state index contributed by atoms with van der Waals surface area (Å²) in [4.78, 5) is 0. The van der Waals surface area contributed by atoms with E-state index in [0.29, 0.717) is 5.02 Å². The standard InChI is InChI=1S/C13H14ClNO2/c1-8-10(5-6-17-8)13(15)11-7-9(14)3-4-12(11)16-2/h3-7,13H,15H2,1-2H3. The van der Waals surface area contributed by atoms with Gasteiger partial charge in [0.25, 0.3) is 0 Å². The number of hydrogen-bond acceptors (Lipinski definition) is 3. The van der Waals surface area contributed by atoms with Crippen LogP contribution in [0.5, 0.6) is 5.75 Å². The molecule has 3 nitrogen and oxygen atoms in total. The van der Waals surface area contributed by atoms with Gasteiger partial charge in [-0.05, 0) is 31.2 Å². The second kappa shape index (κ2) is 4.82. The molecule has 0 aliphatic carbocycles. The largest absolute Gasteiger partial charge is 0.496 e. The average Bonchev–Trinajstić information content (AvgIpc) is 2.74. The molecule has 0 bridgehead atoms. The molecule has 0 saturated heterocycles. The van der Waals surface area contributed by atoms with Crippen LogP contribution < -0.4 is 10.5 Å². The lowest BCUT2D eigenvalue weighted by atomic mass is 9.99. The van der Waals surface area contributed by atoms with E-state index in [0.717, 1.165) is 22.6 Å². The zero-order valence-electron chi connectivity index (χ0n) is 9.74. The van der Waals surface area contributed by atoms with Crippen molar-refractivity contribution in [2.24, 2.45) is 5.73 Å². The lowest BCUT2D eigenvalue weighted by molar-refractivity contribution is 0.407. The summed E-state index contributed by atoms with van der Waals surface area (Å²) in [6.45, 7) is 1.88. The first-order valence-electron chi connectivity index (χ1n) is 5.26. The molecular formula is C13H14ClNO2. The van der Waals surface area contributed by atoms with E-state index in [4.69, 9.17) is 26.5 Å². The molecule has 0 aliphatic heterocycles. The molecule has 17 heavy (non-hydrogen) atoms. The second-order valence-electron chi connectivity index (χ2n) is 3.80. The van der Waals surface area contributed by atoms with Gasteiger partial charge in [0.05, 0.1) is 19.4 Å². The lowest BCUT2D eigenvalue weighted by Gasteiger charge is -2.15. The fraction of sp³-hybridized carbons (Fsp3) is 0.231. The number of rotatable bonds is 3. The summed E-state index contributed by atoms with van der Waals surface area (Å²) < 4.78 is 10.5. The molecule has 0 fully saturated rings. The van der Waals surface area contributed by atoms with Crippen molar-refractivity contribution in [2.75, 3.05) is 7.11 Å². The Bertz CT molecular complexity index is 522. The third-order valence-corrected chi connectivity index (χ3v) is 3.00. The second-order valence-corrected chi connectivity index (χ2v) is 4.23. The molecule has 1 atom stereocenters. The van der Waals surface area contributed by atoms with Crippen molar-refractivity contribution in [3.63, 3.8) is 0 Å². The summed E-state index contributed by atoms with van der Waals surface area (Å²) in [5.41, 5.74) is 8.00. The first-order valence-corrected chi connectivity index (χ1v) is 5.64. The number of benzene rings is 1. The Balaban J connectivity index is 2.46. The summed E-state index contributed by atoms with van der Waals surface area (Å²) >= 11 is 5.98. The molecule has 0 radical (unpaired) electrons. The molecule has 2 rings (SSSR count). The van der Waals surface area contributed by atoms with E-state index in [1.54, 1.807) is 19.4 Å². The predicted octanol–water partition coefficient (Wildman–Crippen LogP) is 3.30. The van der Waals surface area contributed by atoms with Crippen molar-refractivity contribution < 1.29 is 9.15 Å². The van der Waals surface area contributed by atoms with Crippen molar-refractivity contribution in [2.45, 2.75) is 13.0 Å². The van der Waals surface area contributed by atoms with Crippen LogP contribution in [0.4, 0.5) is 0 Å². The molecule has 4 heteroatoms. The molecule has 0 amide bonds. The highest BCUT2D eigenvalue weighted by atomic mass is 35.5. The molecule has 0 spiro atoms. The fourth-order valence-electron chi connectivity index (χ4n) is 1.83. The van der Waals surface area contributed by atoms with Crippen LogP contribution in [0.3, 0.4) is 0 Å². The van der Waals surface area contributed by atoms with Crippen LogP contribution in [0.1, 0.15) is 22.9 Å². The van der Waals surface area contributed by atoms with Crippen LogP contribution in [0.2, 0.25) is 5.02 Å². The van der Waals surface area contributed by atoms with E-state index in [1.807, 2.05) is 25.1 Å². The normalized spacial score (nSPS) is 12.5. The van der Waals surface area contributed by atoms with E-state index in [2.05, 4.69) is 0 Å². The van der Waals surface area contributed by atoms with E-state index < -0.39 is 0 Å². The summed E-state index contributed by atoms with van der Waals surface area (Å²) in [7, 11) is 1.61. The van der Waals surface area contributed by atoms with Crippen molar-refractivity contribution in [1.82, 2.24) is 0 Å². The van der Waals surface area contributed by atoms with Crippen molar-refractivity contribution in [3.05, 3.63) is 52.4 Å². The summed E-state index contributed by atoms with van der Waals surface area (Å²) in [6, 6.07) is 6.96. The molecule has 90 valence electrons. The topological polar surface area (TPSA) is 48.4 Å². The minimum atomic E-state index is -0.303. The van der Waals surface area contributed by atoms with Gasteiger partial charge in [0, 0.05) is 16.1 Å². The van der Waals surface area contributed by atoms with Crippen molar-refractivity contribution >= 4 is 11.6 Å². The van der Waals surface area contributed by atoms with Crippen LogP contribution >= 0.6 is 11.6 Å². The number of furan rings is 1. The summed E-state index contributed by atoms with van der Waals surface area (Å²) in [5, 5.41) is 0.636. The van der Waals surface area contributed by atoms with Gasteiger partial charge in [0.1, 0.15) is 11.5 Å². The Morgan fingerprint density at radius 3 is 2.65 bits per heavy atom. The zero-order chi connectivity index (χ0) is 12.4. The zero-order valence-corrected chi connectivity index (χ0v) is 10.5. The number of halogens is 1. The lowest BCUT2D eigenvalue weighted by Crippen LogP contribution is -2.13. The molecule has 1 heterocycles. The van der Waals surface area contributed by atoms with Gasteiger partial charge in [0.2, 0.25) is 0 Å². The molecule has 1 aromatic carbocycles. The van der Waals surface area contributed by atoms with Gasteiger partial charge in [-0.3, -0.25) is 0 Å². The SMILES string of the molecule is COc1ccc(Cl)cc1C(N)c1ccoc1C. The maximum Gasteiger partial charge on any atom is 0.124 e. The summed E-state index contributed by atoms with van der Waals surface area (Å²) in [5.74, 6) is 1.53. The van der Waals surface area contributed by atoms with Gasteiger partial charge in [0.15, 0.2) is 0 Å². The van der Waals surface area contributed by atoms with Crippen LogP contribution in [0.15, 0.2) is 34.9 Å². The highest BCUT2D eigenvalue weighted by Gasteiger charge is 2.17. The predicted molar refractivity (Wildman–Crippen MR) is 67.5 cm³/mol. The van der Waals surface area contributed by atoms with E-state index in [1.165, 1.54) is 0 Å². The molecule has 1 aromatic heterocycles. The third kappa shape index (κ3) is 2.30. The highest BCUT2D eigenvalue weighted by molar-refractivity contribution is 6.30. The van der Waals surface area contributed by atoms with Crippen LogP contribution in [0.25, 0.3) is 0 Å². The number of nitrogens with two attached hydrogens (primary N) is 1. The molecule has 2 N–H and O–H groups in total. The van der Waals surface area contributed by atoms with E-state index in [-0.39, 0.29) is 6.04 Å². The fourth-order valence-corrected chi connectivity index (χ4v) is 2.01. The van der Waals surface area contributed by atoms with E-state index >= 15 is 0 Å². The maximum absolute atomic E-state index is 6.21. The number of ether oxygens (including phenoxy) is 1. The molecule has 0 aliphatic rings. The number of hydrogen-bond donors (Lipinski definition) is 1. The minimum absolute atomic E-state index is 0.303. The monoisotopic (exact) mass is 251 g/mol. The van der Waals surface area contributed by atoms with Gasteiger partial charge < -0.3 is 14.9 Å². The average molecular weight is 252 g/mol. The van der Waals surface area contributed by atoms with Crippen LogP contribution in [-0.4, -0.2) is 7.11 Å². The highest BCUT2D eigenvalue weighted by Crippen LogP contribution is 2.32. The quantitative estimate of drug-likeness (QED) is 0.911. The third-order valence-electron chi connectivity index (χ3n) is 2.76. The first kappa shape index (κ1) is 12.0. The van der Waals surface area contributed by atoms with Crippen LogP contribution in [0, 0.1) is 6.92 Å². The molecular weight excluding hydrogens is 238 g/mol. The van der Waals surface area contributed by atoms with Gasteiger partial charge in [-0.1, -0.05) is 11.6 Å². The first-order chi connectivity index (χ1) is 8.13. The van der Waals surface area contributed by atoms with Gasteiger partial charge >= 0.3 is 0 Å². The van der Waals surface area contributed by atoms with Gasteiger partial charge in [-0.15, -0.1) is 0 Å². The molecule has 2 aromatic rings. The molecule has 1 unspecified atom stereocenters. The molecule has 0 saturated carbocycles.